The van der Waals surface area contributed by atoms with Gasteiger partial charge < -0.3 is 11.1 Å². The highest BCUT2D eigenvalue weighted by molar-refractivity contribution is 5.95. The molecule has 1 aliphatic rings. The molecule has 0 aromatic heterocycles. The summed E-state index contributed by atoms with van der Waals surface area (Å²) < 4.78 is 0. The predicted molar refractivity (Wildman–Crippen MR) is 74.6 cm³/mol. The van der Waals surface area contributed by atoms with Gasteiger partial charge in [-0.25, -0.2) is 4.79 Å². The molecule has 0 bridgehead atoms. The van der Waals surface area contributed by atoms with Crippen LogP contribution in [0.5, 0.6) is 0 Å². The van der Waals surface area contributed by atoms with Crippen LogP contribution in [0, 0.1) is 5.92 Å². The first-order valence-electron chi connectivity index (χ1n) is 7.03. The average Bonchev–Trinajstić information content (AvgIpc) is 2.27. The van der Waals surface area contributed by atoms with E-state index in [1.807, 2.05) is 4.90 Å². The second kappa shape index (κ2) is 8.12. The van der Waals surface area contributed by atoms with E-state index in [0.29, 0.717) is 12.5 Å². The average molecular weight is 270 g/mol. The van der Waals surface area contributed by atoms with Crippen molar-refractivity contribution < 1.29 is 9.59 Å². The SMILES string of the molecule is CC(C)CCNC(=O)NC(=O)CN1CCC[C@@H](N)C1. The van der Waals surface area contributed by atoms with Crippen molar-refractivity contribution >= 4 is 11.9 Å². The molecule has 1 rings (SSSR count). The zero-order valence-electron chi connectivity index (χ0n) is 11.9. The number of nitrogens with two attached hydrogens (primary N) is 1. The highest BCUT2D eigenvalue weighted by Gasteiger charge is 2.19. The number of likely N-dealkylation sites (tertiary alicyclic amines) is 1. The fourth-order valence-corrected chi connectivity index (χ4v) is 2.12. The van der Waals surface area contributed by atoms with Crippen molar-refractivity contribution in [2.45, 2.75) is 39.2 Å². The van der Waals surface area contributed by atoms with Gasteiger partial charge in [0.2, 0.25) is 5.91 Å². The van der Waals surface area contributed by atoms with Gasteiger partial charge in [0, 0.05) is 19.1 Å². The van der Waals surface area contributed by atoms with Crippen LogP contribution in [-0.2, 0) is 4.79 Å². The van der Waals surface area contributed by atoms with E-state index in [0.717, 1.165) is 32.4 Å². The van der Waals surface area contributed by atoms with E-state index in [1.54, 1.807) is 0 Å². The molecule has 6 heteroatoms. The number of carbonyl (C=O) groups is 2. The number of amides is 3. The van der Waals surface area contributed by atoms with Gasteiger partial charge in [0.15, 0.2) is 0 Å². The Bertz CT molecular complexity index is 307. The van der Waals surface area contributed by atoms with E-state index in [2.05, 4.69) is 24.5 Å². The highest BCUT2D eigenvalue weighted by Crippen LogP contribution is 2.07. The molecule has 0 aromatic carbocycles. The number of urea groups is 1. The Kier molecular flexibility index (Phi) is 6.80. The van der Waals surface area contributed by atoms with Crippen molar-refractivity contribution in [3.8, 4) is 0 Å². The minimum atomic E-state index is -0.410. The van der Waals surface area contributed by atoms with Crippen LogP contribution in [0.1, 0.15) is 33.1 Å². The lowest BCUT2D eigenvalue weighted by atomic mass is 10.1. The van der Waals surface area contributed by atoms with Gasteiger partial charge in [0.25, 0.3) is 0 Å². The van der Waals surface area contributed by atoms with Crippen LogP contribution in [0.4, 0.5) is 4.79 Å². The Labute approximate surface area is 115 Å². The van der Waals surface area contributed by atoms with Crippen molar-refractivity contribution in [1.29, 1.82) is 0 Å². The number of carbonyl (C=O) groups excluding carboxylic acids is 2. The second-order valence-corrected chi connectivity index (χ2v) is 5.62. The standard InChI is InChI=1S/C13H26N4O2/c1-10(2)5-6-15-13(19)16-12(18)9-17-7-3-4-11(14)8-17/h10-11H,3-9,14H2,1-2H3,(H2,15,16,18,19)/t11-/m1/s1. The molecule has 0 radical (unpaired) electrons. The van der Waals surface area contributed by atoms with Gasteiger partial charge >= 0.3 is 6.03 Å². The Morgan fingerprint density at radius 3 is 2.79 bits per heavy atom. The summed E-state index contributed by atoms with van der Waals surface area (Å²) in [5, 5.41) is 5.02. The van der Waals surface area contributed by atoms with Crippen LogP contribution in [0.2, 0.25) is 0 Å². The molecule has 1 heterocycles. The fourth-order valence-electron chi connectivity index (χ4n) is 2.12. The maximum atomic E-state index is 11.7. The van der Waals surface area contributed by atoms with Crippen LogP contribution >= 0.6 is 0 Å². The lowest BCUT2D eigenvalue weighted by Crippen LogP contribution is -2.49. The zero-order chi connectivity index (χ0) is 14.3. The molecule has 1 saturated heterocycles. The molecule has 0 unspecified atom stereocenters. The summed E-state index contributed by atoms with van der Waals surface area (Å²) in [5.74, 6) is 0.266. The summed E-state index contributed by atoms with van der Waals surface area (Å²) in [6.07, 6.45) is 2.92. The molecule has 0 aromatic rings. The minimum absolute atomic E-state index is 0.140. The zero-order valence-corrected chi connectivity index (χ0v) is 11.9. The molecular weight excluding hydrogens is 244 g/mol. The number of piperidine rings is 1. The molecule has 6 nitrogen and oxygen atoms in total. The van der Waals surface area contributed by atoms with Crippen molar-refractivity contribution in [2.24, 2.45) is 11.7 Å². The van der Waals surface area contributed by atoms with Gasteiger partial charge in [-0.05, 0) is 31.7 Å². The summed E-state index contributed by atoms with van der Waals surface area (Å²) in [7, 11) is 0. The molecule has 19 heavy (non-hydrogen) atoms. The summed E-state index contributed by atoms with van der Waals surface area (Å²) in [6, 6.07) is -0.270. The van der Waals surface area contributed by atoms with Gasteiger partial charge in [0.05, 0.1) is 6.54 Å². The number of nitrogens with one attached hydrogen (secondary N) is 2. The van der Waals surface area contributed by atoms with E-state index >= 15 is 0 Å². The van der Waals surface area contributed by atoms with E-state index in [-0.39, 0.29) is 18.5 Å². The molecule has 0 spiro atoms. The largest absolute Gasteiger partial charge is 0.338 e. The van der Waals surface area contributed by atoms with Crippen molar-refractivity contribution in [1.82, 2.24) is 15.5 Å². The topological polar surface area (TPSA) is 87.5 Å². The third-order valence-corrected chi connectivity index (χ3v) is 3.17. The fraction of sp³-hybridized carbons (Fsp3) is 0.846. The van der Waals surface area contributed by atoms with Crippen LogP contribution in [0.3, 0.4) is 0 Å². The van der Waals surface area contributed by atoms with E-state index in [1.165, 1.54) is 0 Å². The Balaban J connectivity index is 2.17. The smallest absolute Gasteiger partial charge is 0.321 e. The molecule has 3 amide bonds. The normalized spacial score (nSPS) is 20.3. The summed E-state index contributed by atoms with van der Waals surface area (Å²) in [5.41, 5.74) is 5.84. The monoisotopic (exact) mass is 270 g/mol. The predicted octanol–water partition coefficient (Wildman–Crippen LogP) is 0.281. The quantitative estimate of drug-likeness (QED) is 0.669. The van der Waals surface area contributed by atoms with Crippen molar-refractivity contribution in [3.05, 3.63) is 0 Å². The van der Waals surface area contributed by atoms with Crippen LogP contribution < -0.4 is 16.4 Å². The third kappa shape index (κ3) is 7.12. The van der Waals surface area contributed by atoms with Gasteiger partial charge in [-0.3, -0.25) is 15.0 Å². The number of hydrogen-bond acceptors (Lipinski definition) is 4. The Morgan fingerprint density at radius 1 is 1.42 bits per heavy atom. The molecule has 110 valence electrons. The van der Waals surface area contributed by atoms with E-state index in [4.69, 9.17) is 5.73 Å². The Hall–Kier alpha value is -1.14. The van der Waals surface area contributed by atoms with Crippen LogP contribution in [-0.4, -0.2) is 49.1 Å². The second-order valence-electron chi connectivity index (χ2n) is 5.62. The summed E-state index contributed by atoms with van der Waals surface area (Å²) in [4.78, 5) is 25.1. The first-order chi connectivity index (χ1) is 8.97. The van der Waals surface area contributed by atoms with Gasteiger partial charge in [0.1, 0.15) is 0 Å². The van der Waals surface area contributed by atoms with Gasteiger partial charge in [-0.15, -0.1) is 0 Å². The van der Waals surface area contributed by atoms with Crippen LogP contribution in [0.15, 0.2) is 0 Å². The molecule has 1 atom stereocenters. The minimum Gasteiger partial charge on any atom is -0.338 e. The maximum absolute atomic E-state index is 11.7. The van der Waals surface area contributed by atoms with Crippen molar-refractivity contribution in [3.63, 3.8) is 0 Å². The molecule has 0 saturated carbocycles. The van der Waals surface area contributed by atoms with E-state index < -0.39 is 6.03 Å². The van der Waals surface area contributed by atoms with Gasteiger partial charge in [-0.1, -0.05) is 13.8 Å². The lowest BCUT2D eigenvalue weighted by molar-refractivity contribution is -0.121. The number of nitrogens with zero attached hydrogens (tertiary/aromatic N) is 1. The summed E-state index contributed by atoms with van der Waals surface area (Å²) >= 11 is 0. The maximum Gasteiger partial charge on any atom is 0.321 e. The number of rotatable bonds is 5. The third-order valence-electron chi connectivity index (χ3n) is 3.17. The molecular formula is C13H26N4O2. The first kappa shape index (κ1) is 15.9. The first-order valence-corrected chi connectivity index (χ1v) is 7.03. The van der Waals surface area contributed by atoms with Crippen LogP contribution in [0.25, 0.3) is 0 Å². The molecule has 1 aliphatic heterocycles. The lowest BCUT2D eigenvalue weighted by Gasteiger charge is -2.29. The summed E-state index contributed by atoms with van der Waals surface area (Å²) in [6.45, 7) is 6.60. The highest BCUT2D eigenvalue weighted by atomic mass is 16.2. The molecule has 1 fully saturated rings. The molecule has 4 N–H and O–H groups in total. The molecule has 0 aliphatic carbocycles. The number of imide groups is 1. The van der Waals surface area contributed by atoms with Gasteiger partial charge in [-0.2, -0.15) is 0 Å². The number of hydrogen-bond donors (Lipinski definition) is 3. The van der Waals surface area contributed by atoms with Crippen molar-refractivity contribution in [2.75, 3.05) is 26.2 Å². The van der Waals surface area contributed by atoms with E-state index in [9.17, 15) is 9.59 Å². The Morgan fingerprint density at radius 2 is 2.16 bits per heavy atom.